The Bertz CT molecular complexity index is 764. The number of guanidine groups is 1. The zero-order valence-corrected chi connectivity index (χ0v) is 21.7. The molecule has 1 aromatic heterocycles. The fourth-order valence-corrected chi connectivity index (χ4v) is 4.39. The van der Waals surface area contributed by atoms with Crippen LogP contribution in [0, 0.1) is 0 Å². The van der Waals surface area contributed by atoms with Gasteiger partial charge in [0.25, 0.3) is 0 Å². The Hall–Kier alpha value is -1.23. The van der Waals surface area contributed by atoms with Gasteiger partial charge < -0.3 is 19.7 Å². The molecule has 8 heteroatoms. The van der Waals surface area contributed by atoms with E-state index in [1.54, 1.807) is 18.4 Å². The fraction of sp³-hybridized carbons (Fsp3) is 0.565. The Kier molecular flexibility index (Phi) is 12.4. The number of rotatable bonds is 10. The molecule has 1 saturated heterocycles. The van der Waals surface area contributed by atoms with E-state index in [9.17, 15) is 0 Å². The van der Waals surface area contributed by atoms with Crippen molar-refractivity contribution in [1.82, 2.24) is 15.2 Å². The normalized spacial score (nSPS) is 15.0. The average Bonchev–Trinajstić information content (AvgIpc) is 3.26. The summed E-state index contributed by atoms with van der Waals surface area (Å²) in [6, 6.07) is 10.4. The highest BCUT2D eigenvalue weighted by Crippen LogP contribution is 2.23. The number of aliphatic imine (C=N–C) groups is 1. The van der Waals surface area contributed by atoms with Crippen LogP contribution in [0.3, 0.4) is 0 Å². The van der Waals surface area contributed by atoms with Crippen LogP contribution in [0.25, 0.3) is 10.6 Å². The highest BCUT2D eigenvalue weighted by Gasteiger charge is 2.21. The van der Waals surface area contributed by atoms with Gasteiger partial charge in [0.15, 0.2) is 5.96 Å². The molecule has 1 aliphatic rings. The lowest BCUT2D eigenvalue weighted by Gasteiger charge is -2.34. The molecule has 6 nitrogen and oxygen atoms in total. The van der Waals surface area contributed by atoms with Crippen LogP contribution >= 0.6 is 35.3 Å². The Morgan fingerprint density at radius 2 is 2.00 bits per heavy atom. The number of thiazole rings is 1. The van der Waals surface area contributed by atoms with Gasteiger partial charge in [0.2, 0.25) is 0 Å². The minimum atomic E-state index is 0. The van der Waals surface area contributed by atoms with Gasteiger partial charge in [0, 0.05) is 63.9 Å². The third kappa shape index (κ3) is 8.67. The summed E-state index contributed by atoms with van der Waals surface area (Å²) >= 11 is 1.70. The number of benzene rings is 1. The van der Waals surface area contributed by atoms with Gasteiger partial charge in [-0.2, -0.15) is 0 Å². The van der Waals surface area contributed by atoms with Gasteiger partial charge in [-0.1, -0.05) is 30.3 Å². The van der Waals surface area contributed by atoms with Crippen LogP contribution in [0.1, 0.15) is 31.9 Å². The number of nitrogens with one attached hydrogen (secondary N) is 1. The molecular weight excluding hydrogens is 523 g/mol. The monoisotopic (exact) mass is 558 g/mol. The van der Waals surface area contributed by atoms with Crippen molar-refractivity contribution in [2.75, 3.05) is 46.5 Å². The first-order valence-electron chi connectivity index (χ1n) is 10.9. The zero-order chi connectivity index (χ0) is 21.0. The predicted molar refractivity (Wildman–Crippen MR) is 140 cm³/mol. The van der Waals surface area contributed by atoms with Crippen molar-refractivity contribution in [3.05, 3.63) is 41.4 Å². The summed E-state index contributed by atoms with van der Waals surface area (Å²) < 4.78 is 11.1. The summed E-state index contributed by atoms with van der Waals surface area (Å²) in [5.41, 5.74) is 2.29. The first-order chi connectivity index (χ1) is 14.8. The van der Waals surface area contributed by atoms with Crippen LogP contribution in [-0.2, 0) is 15.9 Å². The molecule has 172 valence electrons. The predicted octanol–water partition coefficient (Wildman–Crippen LogP) is 4.45. The summed E-state index contributed by atoms with van der Waals surface area (Å²) in [5.74, 6) is 1.01. The second-order valence-electron chi connectivity index (χ2n) is 7.40. The molecule has 0 radical (unpaired) electrons. The molecule has 1 fully saturated rings. The minimum absolute atomic E-state index is 0. The highest BCUT2D eigenvalue weighted by molar-refractivity contribution is 14.0. The highest BCUT2D eigenvalue weighted by atomic mass is 127. The fourth-order valence-electron chi connectivity index (χ4n) is 3.52. The number of piperidine rings is 1. The molecule has 1 aliphatic heterocycles. The molecule has 1 N–H and O–H groups in total. The maximum absolute atomic E-state index is 5.98. The Labute approximate surface area is 207 Å². The topological polar surface area (TPSA) is 59.0 Å². The van der Waals surface area contributed by atoms with E-state index in [1.807, 2.05) is 6.07 Å². The first kappa shape index (κ1) is 26.0. The Balaban J connectivity index is 0.00000341. The molecule has 1 aromatic carbocycles. The van der Waals surface area contributed by atoms with E-state index in [0.717, 1.165) is 81.7 Å². The van der Waals surface area contributed by atoms with Gasteiger partial charge >= 0.3 is 0 Å². The van der Waals surface area contributed by atoms with E-state index >= 15 is 0 Å². The summed E-state index contributed by atoms with van der Waals surface area (Å²) in [5, 5.41) is 6.67. The van der Waals surface area contributed by atoms with Crippen molar-refractivity contribution in [3.63, 3.8) is 0 Å². The molecule has 0 amide bonds. The van der Waals surface area contributed by atoms with Crippen LogP contribution in [0.2, 0.25) is 0 Å². The van der Waals surface area contributed by atoms with Crippen LogP contribution < -0.4 is 5.32 Å². The maximum Gasteiger partial charge on any atom is 0.193 e. The molecule has 0 spiro atoms. The smallest absolute Gasteiger partial charge is 0.193 e. The second-order valence-corrected chi connectivity index (χ2v) is 8.26. The quantitative estimate of drug-likeness (QED) is 0.202. The molecule has 3 rings (SSSR count). The van der Waals surface area contributed by atoms with E-state index in [1.165, 1.54) is 5.56 Å². The molecule has 2 heterocycles. The summed E-state index contributed by atoms with van der Waals surface area (Å²) in [7, 11) is 1.73. The van der Waals surface area contributed by atoms with Crippen molar-refractivity contribution in [2.24, 2.45) is 4.99 Å². The lowest BCUT2D eigenvalue weighted by molar-refractivity contribution is 0.00991. The molecule has 0 unspecified atom stereocenters. The van der Waals surface area contributed by atoms with Crippen molar-refractivity contribution >= 4 is 41.3 Å². The summed E-state index contributed by atoms with van der Waals surface area (Å²) in [6.45, 7) is 7.25. The second kappa shape index (κ2) is 14.8. The van der Waals surface area contributed by atoms with E-state index in [2.05, 4.69) is 46.8 Å². The summed E-state index contributed by atoms with van der Waals surface area (Å²) in [6.07, 6.45) is 4.27. The van der Waals surface area contributed by atoms with Gasteiger partial charge in [-0.05, 0) is 26.2 Å². The first-order valence-corrected chi connectivity index (χ1v) is 11.8. The van der Waals surface area contributed by atoms with Crippen molar-refractivity contribution in [3.8, 4) is 10.6 Å². The van der Waals surface area contributed by atoms with Gasteiger partial charge in [0.1, 0.15) is 5.01 Å². The number of likely N-dealkylation sites (tertiary alicyclic amines) is 1. The van der Waals surface area contributed by atoms with E-state index in [4.69, 9.17) is 19.5 Å². The molecule has 0 atom stereocenters. The minimum Gasteiger partial charge on any atom is -0.385 e. The number of aromatic nitrogens is 1. The van der Waals surface area contributed by atoms with Gasteiger partial charge in [-0.15, -0.1) is 35.3 Å². The number of hydrogen-bond acceptors (Lipinski definition) is 5. The number of ether oxygens (including phenoxy) is 2. The van der Waals surface area contributed by atoms with E-state index in [-0.39, 0.29) is 24.0 Å². The molecule has 0 aliphatic carbocycles. The summed E-state index contributed by atoms with van der Waals surface area (Å²) in [4.78, 5) is 12.0. The third-order valence-electron chi connectivity index (χ3n) is 5.12. The largest absolute Gasteiger partial charge is 0.385 e. The standard InChI is InChI=1S/C23H34N4O2S.HI/c1-3-24-23(27-14-11-21(12-15-27)29-17-7-16-28-2)25-13-10-20-18-30-22(26-20)19-8-5-4-6-9-19;/h4-6,8-9,18,21H,3,7,10-17H2,1-2H3,(H,24,25);1H. The number of halogens is 1. The van der Waals surface area contributed by atoms with Crippen molar-refractivity contribution in [1.29, 1.82) is 0 Å². The lowest BCUT2D eigenvalue weighted by atomic mass is 10.1. The SMILES string of the molecule is CCNC(=NCCc1csc(-c2ccccc2)n1)N1CCC(OCCCOC)CC1.I. The van der Waals surface area contributed by atoms with Gasteiger partial charge in [-0.3, -0.25) is 4.99 Å². The molecule has 2 aromatic rings. The lowest BCUT2D eigenvalue weighted by Crippen LogP contribution is -2.47. The molecule has 31 heavy (non-hydrogen) atoms. The van der Waals surface area contributed by atoms with Crippen LogP contribution in [0.15, 0.2) is 40.7 Å². The zero-order valence-electron chi connectivity index (χ0n) is 18.6. The van der Waals surface area contributed by atoms with Crippen LogP contribution in [0.4, 0.5) is 0 Å². The van der Waals surface area contributed by atoms with E-state index < -0.39 is 0 Å². The van der Waals surface area contributed by atoms with Crippen LogP contribution in [-0.4, -0.2) is 68.4 Å². The Morgan fingerprint density at radius 3 is 2.71 bits per heavy atom. The number of hydrogen-bond donors (Lipinski definition) is 1. The van der Waals surface area contributed by atoms with E-state index in [0.29, 0.717) is 6.10 Å². The maximum atomic E-state index is 5.98. The van der Waals surface area contributed by atoms with Crippen LogP contribution in [0.5, 0.6) is 0 Å². The number of methoxy groups -OCH3 is 1. The van der Waals surface area contributed by atoms with Gasteiger partial charge in [-0.25, -0.2) is 4.98 Å². The number of nitrogens with zero attached hydrogens (tertiary/aromatic N) is 3. The third-order valence-corrected chi connectivity index (χ3v) is 6.06. The molecule has 0 saturated carbocycles. The average molecular weight is 559 g/mol. The van der Waals surface area contributed by atoms with Crippen molar-refractivity contribution < 1.29 is 9.47 Å². The van der Waals surface area contributed by atoms with Gasteiger partial charge in [0.05, 0.1) is 11.8 Å². The molecule has 0 bridgehead atoms. The van der Waals surface area contributed by atoms with Crippen molar-refractivity contribution in [2.45, 2.75) is 38.7 Å². The molecular formula is C23H35IN4O2S. The Morgan fingerprint density at radius 1 is 1.23 bits per heavy atom.